The molecule has 0 amide bonds. The Morgan fingerprint density at radius 3 is 2.42 bits per heavy atom. The highest BCUT2D eigenvalue weighted by atomic mass is 79.9. The minimum atomic E-state index is -0.925. The maximum Gasteiger partial charge on any atom is 0.335 e. The zero-order valence-electron chi connectivity index (χ0n) is 10.7. The molecule has 0 atom stereocenters. The number of aromatic carboxylic acids is 1. The highest BCUT2D eigenvalue weighted by Crippen LogP contribution is 2.33. The fraction of sp³-hybridized carbons (Fsp3) is 0.133. The Hall–Kier alpha value is -1.81. The topological polar surface area (TPSA) is 40.5 Å². The summed E-state index contributed by atoms with van der Waals surface area (Å²) in [7, 11) is 1.96. The average molecular weight is 320 g/mol. The summed E-state index contributed by atoms with van der Waals surface area (Å²) in [6, 6.07) is 13.1. The molecule has 0 saturated heterocycles. The van der Waals surface area contributed by atoms with Crippen LogP contribution < -0.4 is 4.90 Å². The summed E-state index contributed by atoms with van der Waals surface area (Å²) in [5.74, 6) is -0.925. The smallest absolute Gasteiger partial charge is 0.335 e. The molecular weight excluding hydrogens is 306 g/mol. The van der Waals surface area contributed by atoms with Crippen molar-refractivity contribution in [3.05, 3.63) is 58.1 Å². The van der Waals surface area contributed by atoms with Crippen LogP contribution in [0, 0.1) is 6.92 Å². The number of carboxylic acids is 1. The maximum absolute atomic E-state index is 10.9. The van der Waals surface area contributed by atoms with E-state index in [1.54, 1.807) is 18.2 Å². The van der Waals surface area contributed by atoms with Crippen molar-refractivity contribution in [1.29, 1.82) is 0 Å². The number of rotatable bonds is 3. The first-order valence-electron chi connectivity index (χ1n) is 5.83. The molecule has 0 spiro atoms. The van der Waals surface area contributed by atoms with E-state index in [0.717, 1.165) is 15.8 Å². The molecule has 0 bridgehead atoms. The van der Waals surface area contributed by atoms with Gasteiger partial charge < -0.3 is 10.0 Å². The number of nitrogens with zero attached hydrogens (tertiary/aromatic N) is 1. The highest BCUT2D eigenvalue weighted by molar-refractivity contribution is 9.10. The van der Waals surface area contributed by atoms with E-state index in [9.17, 15) is 4.79 Å². The number of hydrogen-bond acceptors (Lipinski definition) is 2. The number of anilines is 2. The van der Waals surface area contributed by atoms with Gasteiger partial charge in [-0.25, -0.2) is 4.79 Å². The highest BCUT2D eigenvalue weighted by Gasteiger charge is 2.12. The van der Waals surface area contributed by atoms with Gasteiger partial charge in [0.05, 0.1) is 11.3 Å². The number of para-hydroxylation sites is 1. The number of halogens is 1. The van der Waals surface area contributed by atoms with Gasteiger partial charge in [-0.2, -0.15) is 0 Å². The maximum atomic E-state index is 10.9. The van der Waals surface area contributed by atoms with Crippen molar-refractivity contribution in [2.75, 3.05) is 11.9 Å². The molecule has 1 N–H and O–H groups in total. The minimum Gasteiger partial charge on any atom is -0.478 e. The molecule has 0 heterocycles. The zero-order valence-corrected chi connectivity index (χ0v) is 12.3. The lowest BCUT2D eigenvalue weighted by Gasteiger charge is -2.23. The van der Waals surface area contributed by atoms with Crippen molar-refractivity contribution in [2.45, 2.75) is 6.92 Å². The second kappa shape index (κ2) is 5.45. The van der Waals surface area contributed by atoms with Crippen molar-refractivity contribution < 1.29 is 9.90 Å². The van der Waals surface area contributed by atoms with Crippen LogP contribution in [0.1, 0.15) is 15.9 Å². The Labute approximate surface area is 120 Å². The van der Waals surface area contributed by atoms with Crippen molar-refractivity contribution in [1.82, 2.24) is 0 Å². The van der Waals surface area contributed by atoms with Gasteiger partial charge in [0.25, 0.3) is 0 Å². The lowest BCUT2D eigenvalue weighted by atomic mass is 10.1. The molecule has 0 aromatic heterocycles. The van der Waals surface area contributed by atoms with Crippen LogP contribution in [0.4, 0.5) is 11.4 Å². The van der Waals surface area contributed by atoms with Gasteiger partial charge in [-0.3, -0.25) is 0 Å². The van der Waals surface area contributed by atoms with Crippen molar-refractivity contribution in [2.24, 2.45) is 0 Å². The van der Waals surface area contributed by atoms with Crippen LogP contribution in [0.15, 0.2) is 46.9 Å². The van der Waals surface area contributed by atoms with Crippen LogP contribution in [0.5, 0.6) is 0 Å². The normalized spacial score (nSPS) is 10.3. The Morgan fingerprint density at radius 1 is 1.16 bits per heavy atom. The molecule has 0 aliphatic heterocycles. The van der Waals surface area contributed by atoms with Gasteiger partial charge >= 0.3 is 5.97 Å². The van der Waals surface area contributed by atoms with E-state index in [4.69, 9.17) is 5.11 Å². The SMILES string of the molecule is Cc1ccccc1N(C)c1ccc(C(=O)O)cc1Br. The van der Waals surface area contributed by atoms with Crippen LogP contribution in [0.3, 0.4) is 0 Å². The zero-order chi connectivity index (χ0) is 14.0. The molecule has 2 aromatic carbocycles. The third kappa shape index (κ3) is 2.79. The predicted molar refractivity (Wildman–Crippen MR) is 80.3 cm³/mol. The second-order valence-corrected chi connectivity index (χ2v) is 5.17. The fourth-order valence-corrected chi connectivity index (χ4v) is 2.63. The molecule has 4 heteroatoms. The summed E-state index contributed by atoms with van der Waals surface area (Å²) in [6.45, 7) is 2.05. The third-order valence-corrected chi connectivity index (χ3v) is 3.67. The second-order valence-electron chi connectivity index (χ2n) is 4.32. The summed E-state index contributed by atoms with van der Waals surface area (Å²) >= 11 is 3.43. The lowest BCUT2D eigenvalue weighted by molar-refractivity contribution is 0.0697. The fourth-order valence-electron chi connectivity index (χ4n) is 1.98. The summed E-state index contributed by atoms with van der Waals surface area (Å²) in [5.41, 5.74) is 3.46. The first kappa shape index (κ1) is 13.6. The molecule has 0 saturated carbocycles. The molecule has 19 heavy (non-hydrogen) atoms. The third-order valence-electron chi connectivity index (χ3n) is 3.03. The largest absolute Gasteiger partial charge is 0.478 e. The van der Waals surface area contributed by atoms with Gasteiger partial charge in [-0.15, -0.1) is 0 Å². The quantitative estimate of drug-likeness (QED) is 0.920. The Balaban J connectivity index is 2.42. The molecule has 98 valence electrons. The predicted octanol–water partition coefficient (Wildman–Crippen LogP) is 4.22. The number of carbonyl (C=O) groups is 1. The van der Waals surface area contributed by atoms with Crippen LogP contribution in [0.25, 0.3) is 0 Å². The number of aryl methyl sites for hydroxylation is 1. The minimum absolute atomic E-state index is 0.272. The van der Waals surface area contributed by atoms with Crippen molar-refractivity contribution >= 4 is 33.3 Å². The molecular formula is C15H14BrNO2. The van der Waals surface area contributed by atoms with Crippen LogP contribution in [-0.4, -0.2) is 18.1 Å². The summed E-state index contributed by atoms with van der Waals surface area (Å²) < 4.78 is 0.762. The summed E-state index contributed by atoms with van der Waals surface area (Å²) in [5, 5.41) is 8.97. The molecule has 3 nitrogen and oxygen atoms in total. The van der Waals surface area contributed by atoms with Crippen molar-refractivity contribution in [3.63, 3.8) is 0 Å². The molecule has 0 radical (unpaired) electrons. The van der Waals surface area contributed by atoms with Crippen LogP contribution in [0.2, 0.25) is 0 Å². The van der Waals surface area contributed by atoms with Gasteiger partial charge in [-0.1, -0.05) is 18.2 Å². The first-order chi connectivity index (χ1) is 9.00. The molecule has 0 aliphatic carbocycles. The molecule has 2 rings (SSSR count). The van der Waals surface area contributed by atoms with Crippen molar-refractivity contribution in [3.8, 4) is 0 Å². The van der Waals surface area contributed by atoms with E-state index in [-0.39, 0.29) is 5.56 Å². The standard InChI is InChI=1S/C15H14BrNO2/c1-10-5-3-4-6-13(10)17(2)14-8-7-11(15(18)19)9-12(14)16/h3-9H,1-2H3,(H,18,19). The van der Waals surface area contributed by atoms with E-state index < -0.39 is 5.97 Å². The van der Waals surface area contributed by atoms with Gasteiger partial charge in [-0.05, 0) is 52.7 Å². The Bertz CT molecular complexity index is 625. The van der Waals surface area contributed by atoms with Crippen LogP contribution >= 0.6 is 15.9 Å². The van der Waals surface area contributed by atoms with E-state index in [0.29, 0.717) is 0 Å². The van der Waals surface area contributed by atoms with Crippen LogP contribution in [-0.2, 0) is 0 Å². The number of benzene rings is 2. The van der Waals surface area contributed by atoms with Gasteiger partial charge in [0.15, 0.2) is 0 Å². The van der Waals surface area contributed by atoms with E-state index in [1.165, 1.54) is 5.56 Å². The number of hydrogen-bond donors (Lipinski definition) is 1. The molecule has 0 unspecified atom stereocenters. The monoisotopic (exact) mass is 319 g/mol. The Morgan fingerprint density at radius 2 is 1.84 bits per heavy atom. The van der Waals surface area contributed by atoms with Gasteiger partial charge in [0.1, 0.15) is 0 Å². The van der Waals surface area contributed by atoms with E-state index in [2.05, 4.69) is 15.9 Å². The lowest BCUT2D eigenvalue weighted by Crippen LogP contribution is -2.11. The first-order valence-corrected chi connectivity index (χ1v) is 6.62. The Kier molecular flexibility index (Phi) is 3.90. The summed E-state index contributed by atoms with van der Waals surface area (Å²) in [4.78, 5) is 13.0. The van der Waals surface area contributed by atoms with Gasteiger partial charge in [0.2, 0.25) is 0 Å². The molecule has 2 aromatic rings. The molecule has 0 aliphatic rings. The molecule has 0 fully saturated rings. The number of carboxylic acid groups (broad SMARTS) is 1. The summed E-state index contributed by atoms with van der Waals surface area (Å²) in [6.07, 6.45) is 0. The van der Waals surface area contributed by atoms with E-state index >= 15 is 0 Å². The van der Waals surface area contributed by atoms with Gasteiger partial charge in [0, 0.05) is 17.2 Å². The average Bonchev–Trinajstić information content (AvgIpc) is 2.38. The van der Waals surface area contributed by atoms with E-state index in [1.807, 2.05) is 43.1 Å².